The molecule has 0 spiro atoms. The van der Waals surface area contributed by atoms with E-state index < -0.39 is 29.6 Å². The molecule has 0 bridgehead atoms. The van der Waals surface area contributed by atoms with Gasteiger partial charge in [0.2, 0.25) is 23.6 Å². The Morgan fingerprint density at radius 2 is 1.49 bits per heavy atom. The van der Waals surface area contributed by atoms with E-state index in [4.69, 9.17) is 9.47 Å². The minimum Gasteiger partial charge on any atom is -0.507 e. The van der Waals surface area contributed by atoms with Gasteiger partial charge in [0, 0.05) is 36.7 Å². The number of benzene rings is 1. The van der Waals surface area contributed by atoms with Crippen molar-refractivity contribution in [3.63, 3.8) is 0 Å². The molecule has 9 nitrogen and oxygen atoms in total. The predicted octanol–water partition coefficient (Wildman–Crippen LogP) is 2.09. The number of fused-ring (bicyclic) bond motifs is 4. The molecule has 6 unspecified atom stereocenters. The van der Waals surface area contributed by atoms with Crippen LogP contribution in [0.5, 0.6) is 17.2 Å². The predicted molar refractivity (Wildman–Crippen MR) is 124 cm³/mol. The summed E-state index contributed by atoms with van der Waals surface area (Å²) < 4.78 is 10.9. The zero-order chi connectivity index (χ0) is 25.2. The summed E-state index contributed by atoms with van der Waals surface area (Å²) in [6.07, 6.45) is 2.65. The van der Waals surface area contributed by atoms with Crippen molar-refractivity contribution in [1.29, 1.82) is 0 Å². The van der Waals surface area contributed by atoms with E-state index in [0.29, 0.717) is 36.4 Å². The van der Waals surface area contributed by atoms with Crippen molar-refractivity contribution in [2.75, 3.05) is 27.3 Å². The molecule has 0 aromatic heterocycles. The van der Waals surface area contributed by atoms with E-state index in [9.17, 15) is 24.3 Å². The molecule has 2 saturated heterocycles. The molecule has 1 saturated carbocycles. The first-order valence-electron chi connectivity index (χ1n) is 12.1. The molecule has 3 fully saturated rings. The van der Waals surface area contributed by atoms with Crippen LogP contribution in [0.2, 0.25) is 0 Å². The Balaban J connectivity index is 1.70. The topological polar surface area (TPSA) is 113 Å². The largest absolute Gasteiger partial charge is 0.507 e. The zero-order valence-electron chi connectivity index (χ0n) is 20.3. The minimum atomic E-state index is -0.718. The van der Waals surface area contributed by atoms with Gasteiger partial charge in [-0.2, -0.15) is 0 Å². The molecule has 2 heterocycles. The molecule has 0 radical (unpaired) electrons. The number of allylic oxidation sites excluding steroid dienone is 2. The molecular weight excluding hydrogens is 452 g/mol. The number of methoxy groups -OCH3 is 2. The molecular formula is C26H30N2O7. The molecule has 6 atom stereocenters. The normalized spacial score (nSPS) is 31.8. The van der Waals surface area contributed by atoms with Crippen molar-refractivity contribution in [3.05, 3.63) is 29.3 Å². The molecule has 2 aliphatic heterocycles. The fraction of sp³-hybridized carbons (Fsp3) is 0.538. The van der Waals surface area contributed by atoms with Gasteiger partial charge in [0.15, 0.2) is 0 Å². The zero-order valence-corrected chi connectivity index (χ0v) is 20.3. The van der Waals surface area contributed by atoms with E-state index in [0.717, 1.165) is 5.57 Å². The van der Waals surface area contributed by atoms with Crippen LogP contribution in [0, 0.1) is 29.6 Å². The summed E-state index contributed by atoms with van der Waals surface area (Å²) in [5, 5.41) is 11.1. The highest BCUT2D eigenvalue weighted by molar-refractivity contribution is 6.08. The molecule has 1 N–H and O–H groups in total. The molecule has 2 aliphatic carbocycles. The van der Waals surface area contributed by atoms with Crippen molar-refractivity contribution in [2.24, 2.45) is 29.6 Å². The number of rotatable bonds is 5. The number of amides is 4. The lowest BCUT2D eigenvalue weighted by molar-refractivity contribution is -0.141. The van der Waals surface area contributed by atoms with Gasteiger partial charge >= 0.3 is 0 Å². The molecule has 9 heteroatoms. The Hall–Kier alpha value is -3.36. The molecule has 1 aromatic carbocycles. The number of aromatic hydroxyl groups is 1. The first-order valence-corrected chi connectivity index (χ1v) is 12.1. The van der Waals surface area contributed by atoms with Gasteiger partial charge in [-0.15, -0.1) is 0 Å². The lowest BCUT2D eigenvalue weighted by atomic mass is 9.57. The second-order valence-electron chi connectivity index (χ2n) is 9.63. The second kappa shape index (κ2) is 8.39. The average Bonchev–Trinajstić information content (AvgIpc) is 3.25. The van der Waals surface area contributed by atoms with Crippen molar-refractivity contribution < 1.29 is 33.8 Å². The van der Waals surface area contributed by atoms with Gasteiger partial charge in [0.25, 0.3) is 0 Å². The maximum atomic E-state index is 13.5. The van der Waals surface area contributed by atoms with Crippen molar-refractivity contribution in [1.82, 2.24) is 9.80 Å². The van der Waals surface area contributed by atoms with Crippen LogP contribution >= 0.6 is 0 Å². The average molecular weight is 483 g/mol. The van der Waals surface area contributed by atoms with Gasteiger partial charge in [-0.25, -0.2) is 0 Å². The van der Waals surface area contributed by atoms with Crippen LogP contribution in [0.15, 0.2) is 23.8 Å². The maximum Gasteiger partial charge on any atom is 0.234 e. The highest BCUT2D eigenvalue weighted by atomic mass is 16.5. The Morgan fingerprint density at radius 1 is 0.857 bits per heavy atom. The van der Waals surface area contributed by atoms with E-state index in [2.05, 4.69) is 0 Å². The Labute approximate surface area is 203 Å². The number of imide groups is 2. The smallest absolute Gasteiger partial charge is 0.234 e. The molecule has 35 heavy (non-hydrogen) atoms. The van der Waals surface area contributed by atoms with Gasteiger partial charge in [-0.1, -0.05) is 11.6 Å². The van der Waals surface area contributed by atoms with Gasteiger partial charge < -0.3 is 14.6 Å². The maximum absolute atomic E-state index is 13.5. The Bertz CT molecular complexity index is 1160. The monoisotopic (exact) mass is 482 g/mol. The van der Waals surface area contributed by atoms with Crippen molar-refractivity contribution in [2.45, 2.75) is 32.6 Å². The van der Waals surface area contributed by atoms with Crippen LogP contribution in [0.4, 0.5) is 0 Å². The lowest BCUT2D eigenvalue weighted by Crippen LogP contribution is -2.43. The number of carbonyl (C=O) groups excluding carboxylic acids is 4. The number of hydrogen-bond donors (Lipinski definition) is 1. The number of carbonyl (C=O) groups is 4. The van der Waals surface area contributed by atoms with Crippen LogP contribution in [-0.4, -0.2) is 65.8 Å². The lowest BCUT2D eigenvalue weighted by Gasteiger charge is -2.44. The van der Waals surface area contributed by atoms with E-state index >= 15 is 0 Å². The molecule has 4 aliphatic rings. The number of phenolic OH excluding ortho intramolecular Hbond substituents is 1. The summed E-state index contributed by atoms with van der Waals surface area (Å²) in [5.41, 5.74) is 1.23. The molecule has 186 valence electrons. The summed E-state index contributed by atoms with van der Waals surface area (Å²) >= 11 is 0. The van der Waals surface area contributed by atoms with E-state index in [-0.39, 0.29) is 41.8 Å². The SMILES string of the molecule is CCN1C(=O)C2CC=C3C(CC4C(=O)N(CC)C(=O)C4C3c3c(O)cc(OC)cc3OC)C2C1=O. The fourth-order valence-electron chi connectivity index (χ4n) is 6.85. The summed E-state index contributed by atoms with van der Waals surface area (Å²) in [4.78, 5) is 55.7. The van der Waals surface area contributed by atoms with Gasteiger partial charge in [0.1, 0.15) is 17.2 Å². The van der Waals surface area contributed by atoms with Gasteiger partial charge in [-0.3, -0.25) is 29.0 Å². The van der Waals surface area contributed by atoms with E-state index in [1.807, 2.05) is 6.08 Å². The van der Waals surface area contributed by atoms with E-state index in [1.54, 1.807) is 19.9 Å². The number of hydrogen-bond acceptors (Lipinski definition) is 7. The Morgan fingerprint density at radius 3 is 2.09 bits per heavy atom. The molecule has 5 rings (SSSR count). The fourth-order valence-corrected chi connectivity index (χ4v) is 6.85. The summed E-state index contributed by atoms with van der Waals surface area (Å²) in [6, 6.07) is 3.10. The number of phenols is 1. The minimum absolute atomic E-state index is 0.104. The number of ether oxygens (including phenoxy) is 2. The Kier molecular flexibility index (Phi) is 5.61. The van der Waals surface area contributed by atoms with Crippen LogP contribution in [0.3, 0.4) is 0 Å². The highest BCUT2D eigenvalue weighted by Crippen LogP contribution is 2.60. The van der Waals surface area contributed by atoms with E-state index in [1.165, 1.54) is 30.1 Å². The van der Waals surface area contributed by atoms with Crippen LogP contribution in [0.1, 0.15) is 38.2 Å². The highest BCUT2D eigenvalue weighted by Gasteiger charge is 2.62. The molecule has 4 amide bonds. The third kappa shape index (κ3) is 3.13. The standard InChI is InChI=1S/C26H30N2O7/c1-5-27-23(30)14-8-7-13-15(19(14)25(27)32)11-16-21(26(33)28(6-2)24(16)31)20(13)22-17(29)9-12(34-3)10-18(22)35-4/h7,9-10,14-16,19-21,29H,5-6,8,11H2,1-4H3. The molecule has 1 aromatic rings. The van der Waals surface area contributed by atoms with Crippen LogP contribution in [-0.2, 0) is 19.2 Å². The second-order valence-corrected chi connectivity index (χ2v) is 9.63. The van der Waals surface area contributed by atoms with Gasteiger partial charge in [0.05, 0.1) is 37.9 Å². The van der Waals surface area contributed by atoms with Gasteiger partial charge in [-0.05, 0) is 32.6 Å². The summed E-state index contributed by atoms with van der Waals surface area (Å²) in [5.74, 6) is -3.74. The summed E-state index contributed by atoms with van der Waals surface area (Å²) in [6.45, 7) is 4.09. The third-order valence-corrected chi connectivity index (χ3v) is 8.32. The third-order valence-electron chi connectivity index (χ3n) is 8.32. The summed E-state index contributed by atoms with van der Waals surface area (Å²) in [7, 11) is 2.95. The first-order chi connectivity index (χ1) is 16.8. The quantitative estimate of drug-likeness (QED) is 0.505. The van der Waals surface area contributed by atoms with Crippen molar-refractivity contribution in [3.8, 4) is 17.2 Å². The number of likely N-dealkylation sites (tertiary alicyclic amines) is 2. The number of nitrogens with zero attached hydrogens (tertiary/aromatic N) is 2. The van der Waals surface area contributed by atoms with Crippen molar-refractivity contribution >= 4 is 23.6 Å². The first kappa shape index (κ1) is 23.4. The van der Waals surface area contributed by atoms with Crippen LogP contribution in [0.25, 0.3) is 0 Å². The van der Waals surface area contributed by atoms with Crippen LogP contribution < -0.4 is 9.47 Å².